The van der Waals surface area contributed by atoms with Gasteiger partial charge in [-0.1, -0.05) is 18.2 Å². The van der Waals surface area contributed by atoms with Crippen molar-refractivity contribution in [3.8, 4) is 5.75 Å². The molecule has 1 saturated heterocycles. The maximum atomic E-state index is 12.5. The molecule has 1 aliphatic rings. The summed E-state index contributed by atoms with van der Waals surface area (Å²) in [5.74, 6) is 0.407. The van der Waals surface area contributed by atoms with Crippen molar-refractivity contribution >= 4 is 11.6 Å². The fourth-order valence-electron chi connectivity index (χ4n) is 3.71. The quantitative estimate of drug-likeness (QED) is 0.487. The number of ether oxygens (including phenoxy) is 2. The number of carbonyl (C=O) groups excluding carboxylic acids is 1. The fraction of sp³-hybridized carbons (Fsp3) is 0.435. The molecule has 0 radical (unpaired) electrons. The molecule has 1 amide bonds. The number of likely N-dealkylation sites (N-methyl/N-ethyl adjacent to an activating group) is 1. The summed E-state index contributed by atoms with van der Waals surface area (Å²) in [5.41, 5.74) is 1.49. The van der Waals surface area contributed by atoms with Gasteiger partial charge in [-0.2, -0.15) is 0 Å². The monoisotopic (exact) mass is 427 g/mol. The Morgan fingerprint density at radius 2 is 2.00 bits per heavy atom. The molecule has 0 unspecified atom stereocenters. The first-order valence-corrected chi connectivity index (χ1v) is 10.5. The Morgan fingerprint density at radius 1 is 1.26 bits per heavy atom. The molecule has 8 nitrogen and oxygen atoms in total. The predicted molar refractivity (Wildman–Crippen MR) is 117 cm³/mol. The summed E-state index contributed by atoms with van der Waals surface area (Å²) in [6, 6.07) is 12.6. The Hall–Kier alpha value is -2.97. The Balaban J connectivity index is 1.51. The van der Waals surface area contributed by atoms with Crippen LogP contribution < -0.4 is 10.1 Å². The number of rotatable bonds is 9. The van der Waals surface area contributed by atoms with Crippen molar-refractivity contribution in [2.45, 2.75) is 32.4 Å². The van der Waals surface area contributed by atoms with Gasteiger partial charge in [0.1, 0.15) is 12.4 Å². The average Bonchev–Trinajstić information content (AvgIpc) is 2.78. The number of hydrogen-bond acceptors (Lipinski definition) is 6. The highest BCUT2D eigenvalue weighted by Crippen LogP contribution is 2.21. The van der Waals surface area contributed by atoms with Crippen LogP contribution in [-0.2, 0) is 11.3 Å². The zero-order valence-electron chi connectivity index (χ0n) is 18.0. The summed E-state index contributed by atoms with van der Waals surface area (Å²) in [7, 11) is 2.11. The molecule has 166 valence electrons. The van der Waals surface area contributed by atoms with E-state index < -0.39 is 4.92 Å². The van der Waals surface area contributed by atoms with Crippen molar-refractivity contribution in [2.24, 2.45) is 0 Å². The summed E-state index contributed by atoms with van der Waals surface area (Å²) >= 11 is 0. The van der Waals surface area contributed by atoms with Gasteiger partial charge in [0.2, 0.25) is 0 Å². The summed E-state index contributed by atoms with van der Waals surface area (Å²) in [5, 5.41) is 13.9. The minimum atomic E-state index is -0.480. The second-order valence-electron chi connectivity index (χ2n) is 7.71. The lowest BCUT2D eigenvalue weighted by atomic mass is 10.1. The van der Waals surface area contributed by atoms with Crippen LogP contribution in [-0.4, -0.2) is 55.2 Å². The summed E-state index contributed by atoms with van der Waals surface area (Å²) < 4.78 is 11.3. The molecule has 2 aromatic rings. The number of nitrogens with one attached hydrogen (secondary N) is 1. The van der Waals surface area contributed by atoms with Crippen molar-refractivity contribution in [2.75, 3.05) is 33.4 Å². The highest BCUT2D eigenvalue weighted by atomic mass is 16.6. The van der Waals surface area contributed by atoms with E-state index in [4.69, 9.17) is 9.47 Å². The molecule has 3 rings (SSSR count). The van der Waals surface area contributed by atoms with E-state index >= 15 is 0 Å². The normalized spacial score (nSPS) is 14.4. The van der Waals surface area contributed by atoms with Crippen LogP contribution in [0.15, 0.2) is 42.5 Å². The third-order valence-electron chi connectivity index (χ3n) is 5.62. The Labute approximate surface area is 182 Å². The van der Waals surface area contributed by atoms with E-state index in [0.29, 0.717) is 30.3 Å². The van der Waals surface area contributed by atoms with Gasteiger partial charge in [0.05, 0.1) is 4.92 Å². The van der Waals surface area contributed by atoms with Gasteiger partial charge in [-0.15, -0.1) is 0 Å². The van der Waals surface area contributed by atoms with Crippen LogP contribution in [0.3, 0.4) is 0 Å². The second-order valence-corrected chi connectivity index (χ2v) is 7.71. The van der Waals surface area contributed by atoms with Gasteiger partial charge in [0, 0.05) is 49.5 Å². The lowest BCUT2D eigenvalue weighted by molar-refractivity contribution is -0.385. The maximum Gasteiger partial charge on any atom is 0.273 e. The van der Waals surface area contributed by atoms with E-state index in [2.05, 4.69) is 17.3 Å². The molecule has 0 bridgehead atoms. The second kappa shape index (κ2) is 10.9. The minimum absolute atomic E-state index is 0.0613. The van der Waals surface area contributed by atoms with Crippen molar-refractivity contribution in [1.82, 2.24) is 10.2 Å². The predicted octanol–water partition coefficient (Wildman–Crippen LogP) is 3.32. The zero-order chi connectivity index (χ0) is 22.2. The highest BCUT2D eigenvalue weighted by molar-refractivity contribution is 5.96. The standard InChI is InChI=1S/C23H29N3O5/c1-17-21(7-4-8-22(17)26(28)29)23(27)24-16-18-5-3-6-20(15-18)31-14-11-25(2)19-9-12-30-13-10-19/h3-8,15,19H,9-14,16H2,1-2H3,(H,24,27). The van der Waals surface area contributed by atoms with Gasteiger partial charge in [0.15, 0.2) is 0 Å². The number of carbonyl (C=O) groups is 1. The smallest absolute Gasteiger partial charge is 0.273 e. The molecule has 1 aliphatic heterocycles. The highest BCUT2D eigenvalue weighted by Gasteiger charge is 2.19. The van der Waals surface area contributed by atoms with Gasteiger partial charge in [-0.3, -0.25) is 19.8 Å². The number of nitro groups is 1. The molecule has 1 heterocycles. The molecule has 1 fully saturated rings. The van der Waals surface area contributed by atoms with Crippen molar-refractivity contribution < 1.29 is 19.2 Å². The van der Waals surface area contributed by atoms with Crippen molar-refractivity contribution in [1.29, 1.82) is 0 Å². The van der Waals surface area contributed by atoms with Gasteiger partial charge in [-0.25, -0.2) is 0 Å². The number of amides is 1. The molecule has 8 heteroatoms. The first kappa shape index (κ1) is 22.7. The Morgan fingerprint density at radius 3 is 2.74 bits per heavy atom. The minimum Gasteiger partial charge on any atom is -0.492 e. The van der Waals surface area contributed by atoms with Crippen LogP contribution in [0, 0.1) is 17.0 Å². The molecule has 0 aromatic heterocycles. The number of nitrogens with zero attached hydrogens (tertiary/aromatic N) is 2. The van der Waals surface area contributed by atoms with E-state index in [9.17, 15) is 14.9 Å². The van der Waals surface area contributed by atoms with E-state index in [1.165, 1.54) is 12.1 Å². The topological polar surface area (TPSA) is 93.9 Å². The Kier molecular flexibility index (Phi) is 7.97. The van der Waals surface area contributed by atoms with Crippen molar-refractivity contribution in [3.05, 3.63) is 69.3 Å². The van der Waals surface area contributed by atoms with Crippen LogP contribution in [0.1, 0.15) is 34.3 Å². The lowest BCUT2D eigenvalue weighted by Crippen LogP contribution is -2.38. The van der Waals surface area contributed by atoms with E-state index in [-0.39, 0.29) is 11.6 Å². The van der Waals surface area contributed by atoms with Crippen LogP contribution in [0.5, 0.6) is 5.75 Å². The molecule has 0 spiro atoms. The molecule has 0 saturated carbocycles. The van der Waals surface area contributed by atoms with Crippen LogP contribution in [0.4, 0.5) is 5.69 Å². The maximum absolute atomic E-state index is 12.5. The van der Waals surface area contributed by atoms with E-state index in [0.717, 1.165) is 43.9 Å². The zero-order valence-corrected chi connectivity index (χ0v) is 18.0. The van der Waals surface area contributed by atoms with Gasteiger partial charge in [-0.05, 0) is 50.6 Å². The first-order chi connectivity index (χ1) is 15.0. The lowest BCUT2D eigenvalue weighted by Gasteiger charge is -2.31. The van der Waals surface area contributed by atoms with Gasteiger partial charge < -0.3 is 14.8 Å². The summed E-state index contributed by atoms with van der Waals surface area (Å²) in [6.07, 6.45) is 2.10. The van der Waals surface area contributed by atoms with Crippen LogP contribution >= 0.6 is 0 Å². The number of benzene rings is 2. The third-order valence-corrected chi connectivity index (χ3v) is 5.62. The SMILES string of the molecule is Cc1c(C(=O)NCc2cccc(OCCN(C)C3CCOCC3)c2)cccc1[N+](=O)[O-]. The molecule has 31 heavy (non-hydrogen) atoms. The number of nitro benzene ring substituents is 1. The average molecular weight is 428 g/mol. The van der Waals surface area contributed by atoms with Crippen LogP contribution in [0.25, 0.3) is 0 Å². The molecule has 0 atom stereocenters. The molecule has 1 N–H and O–H groups in total. The molecular formula is C23H29N3O5. The molecule has 2 aromatic carbocycles. The molecular weight excluding hydrogens is 398 g/mol. The van der Waals surface area contributed by atoms with E-state index in [1.54, 1.807) is 13.0 Å². The van der Waals surface area contributed by atoms with E-state index in [1.807, 2.05) is 24.3 Å². The first-order valence-electron chi connectivity index (χ1n) is 10.5. The number of hydrogen-bond donors (Lipinski definition) is 1. The fourth-order valence-corrected chi connectivity index (χ4v) is 3.71. The summed E-state index contributed by atoms with van der Waals surface area (Å²) in [6.45, 7) is 4.94. The Bertz CT molecular complexity index is 912. The largest absolute Gasteiger partial charge is 0.492 e. The van der Waals surface area contributed by atoms with Crippen molar-refractivity contribution in [3.63, 3.8) is 0 Å². The summed E-state index contributed by atoms with van der Waals surface area (Å²) in [4.78, 5) is 25.4. The van der Waals surface area contributed by atoms with Crippen LogP contribution in [0.2, 0.25) is 0 Å². The van der Waals surface area contributed by atoms with Gasteiger partial charge >= 0.3 is 0 Å². The third kappa shape index (κ3) is 6.26. The molecule has 0 aliphatic carbocycles. The van der Waals surface area contributed by atoms with Gasteiger partial charge in [0.25, 0.3) is 11.6 Å².